The van der Waals surface area contributed by atoms with Gasteiger partial charge in [0.1, 0.15) is 13.2 Å². The molecule has 38 heavy (non-hydrogen) atoms. The Bertz CT molecular complexity index is 1420. The highest BCUT2D eigenvalue weighted by atomic mass is 79.9. The summed E-state index contributed by atoms with van der Waals surface area (Å²) in [7, 11) is 0. The van der Waals surface area contributed by atoms with Gasteiger partial charge in [0.05, 0.1) is 16.0 Å². The number of hydrogen-bond donors (Lipinski definition) is 1. The molecule has 1 saturated heterocycles. The fourth-order valence-electron chi connectivity index (χ4n) is 3.50. The molecule has 4 rings (SSSR count). The number of ether oxygens (including phenoxy) is 2. The van der Waals surface area contributed by atoms with Crippen molar-refractivity contribution in [1.29, 1.82) is 0 Å². The van der Waals surface area contributed by atoms with Crippen LogP contribution in [0.15, 0.2) is 74.5 Å². The minimum Gasteiger partial charge on any atom is -0.490 e. The Hall–Kier alpha value is -2.79. The average molecular weight is 681 g/mol. The lowest BCUT2D eigenvalue weighted by molar-refractivity contribution is -0.127. The SMILES string of the molecule is CCOc1cc(/C=C2/SC(=O)N(CC(=O)Nc3ccc(Br)cc3)C2=O)cc(Br)c1OCc1ccccc1Cl. The molecule has 196 valence electrons. The highest BCUT2D eigenvalue weighted by Crippen LogP contribution is 2.40. The van der Waals surface area contributed by atoms with E-state index in [4.69, 9.17) is 21.1 Å². The number of rotatable bonds is 9. The standard InChI is InChI=1S/C27H21Br2ClN2O5S/c1-2-36-22-12-16(11-20(29)25(22)37-15-17-5-3-4-6-21(17)30)13-23-26(34)32(27(35)38-23)14-24(33)31-19-9-7-18(28)8-10-19/h3-13H,2,14-15H2,1H3,(H,31,33)/b23-13+. The third-order valence-corrected chi connectivity index (χ3v) is 7.66. The molecule has 1 N–H and O–H groups in total. The molecule has 1 aliphatic heterocycles. The molecule has 0 aliphatic carbocycles. The molecule has 3 aromatic rings. The van der Waals surface area contributed by atoms with Crippen LogP contribution in [-0.4, -0.2) is 35.1 Å². The van der Waals surface area contributed by atoms with Crippen molar-refractivity contribution in [3.05, 3.63) is 90.7 Å². The maximum absolute atomic E-state index is 13.0. The van der Waals surface area contributed by atoms with E-state index in [1.54, 1.807) is 48.5 Å². The summed E-state index contributed by atoms with van der Waals surface area (Å²) in [6.45, 7) is 2.09. The normalized spacial score (nSPS) is 14.2. The van der Waals surface area contributed by atoms with E-state index in [0.29, 0.717) is 38.9 Å². The van der Waals surface area contributed by atoms with Crippen molar-refractivity contribution >= 4 is 84.0 Å². The summed E-state index contributed by atoms with van der Waals surface area (Å²) >= 11 is 13.9. The molecular weight excluding hydrogens is 660 g/mol. The van der Waals surface area contributed by atoms with Gasteiger partial charge >= 0.3 is 0 Å². The van der Waals surface area contributed by atoms with Gasteiger partial charge in [-0.25, -0.2) is 0 Å². The Morgan fingerprint density at radius 2 is 1.82 bits per heavy atom. The lowest BCUT2D eigenvalue weighted by Gasteiger charge is -2.15. The Morgan fingerprint density at radius 3 is 2.53 bits per heavy atom. The molecule has 0 saturated carbocycles. The highest BCUT2D eigenvalue weighted by molar-refractivity contribution is 9.10. The van der Waals surface area contributed by atoms with Gasteiger partial charge in [0, 0.05) is 20.7 Å². The van der Waals surface area contributed by atoms with E-state index >= 15 is 0 Å². The number of imide groups is 1. The van der Waals surface area contributed by atoms with E-state index in [0.717, 1.165) is 26.7 Å². The first-order chi connectivity index (χ1) is 18.2. The Balaban J connectivity index is 1.49. The van der Waals surface area contributed by atoms with Gasteiger partial charge in [-0.3, -0.25) is 19.3 Å². The van der Waals surface area contributed by atoms with Crippen molar-refractivity contribution in [3.63, 3.8) is 0 Å². The van der Waals surface area contributed by atoms with E-state index < -0.39 is 17.1 Å². The van der Waals surface area contributed by atoms with Crippen LogP contribution in [0, 0.1) is 0 Å². The minimum atomic E-state index is -0.543. The summed E-state index contributed by atoms with van der Waals surface area (Å²) in [5.74, 6) is -0.0636. The van der Waals surface area contributed by atoms with Gasteiger partial charge in [0.2, 0.25) is 5.91 Å². The molecule has 3 aromatic carbocycles. The molecule has 1 heterocycles. The van der Waals surface area contributed by atoms with Crippen LogP contribution in [0.5, 0.6) is 11.5 Å². The summed E-state index contributed by atoms with van der Waals surface area (Å²) in [6, 6.07) is 17.9. The number of carbonyl (C=O) groups is 3. The van der Waals surface area contributed by atoms with Crippen LogP contribution in [0.3, 0.4) is 0 Å². The molecule has 3 amide bonds. The summed E-state index contributed by atoms with van der Waals surface area (Å²) < 4.78 is 13.3. The smallest absolute Gasteiger partial charge is 0.294 e. The number of hydrogen-bond acceptors (Lipinski definition) is 6. The number of carbonyl (C=O) groups excluding carboxylic acids is 3. The maximum Gasteiger partial charge on any atom is 0.294 e. The zero-order chi connectivity index (χ0) is 27.2. The third-order valence-electron chi connectivity index (χ3n) is 5.26. The van der Waals surface area contributed by atoms with E-state index in [9.17, 15) is 14.4 Å². The van der Waals surface area contributed by atoms with Crippen molar-refractivity contribution in [3.8, 4) is 11.5 Å². The van der Waals surface area contributed by atoms with Crippen molar-refractivity contribution in [2.75, 3.05) is 18.5 Å². The van der Waals surface area contributed by atoms with Crippen molar-refractivity contribution in [2.45, 2.75) is 13.5 Å². The first-order valence-corrected chi connectivity index (χ1v) is 14.2. The molecule has 0 radical (unpaired) electrons. The van der Waals surface area contributed by atoms with E-state index in [1.807, 2.05) is 25.1 Å². The topological polar surface area (TPSA) is 84.9 Å². The van der Waals surface area contributed by atoms with Crippen LogP contribution in [0.1, 0.15) is 18.1 Å². The lowest BCUT2D eigenvalue weighted by atomic mass is 10.1. The predicted octanol–water partition coefficient (Wildman–Crippen LogP) is 7.52. The molecule has 0 spiro atoms. The van der Waals surface area contributed by atoms with Crippen LogP contribution in [0.25, 0.3) is 6.08 Å². The van der Waals surface area contributed by atoms with Gasteiger partial charge in [-0.2, -0.15) is 0 Å². The van der Waals surface area contributed by atoms with Crippen LogP contribution >= 0.6 is 55.2 Å². The zero-order valence-corrected chi connectivity index (χ0v) is 24.7. The highest BCUT2D eigenvalue weighted by Gasteiger charge is 2.36. The van der Waals surface area contributed by atoms with Gasteiger partial charge in [0.15, 0.2) is 11.5 Å². The van der Waals surface area contributed by atoms with Gasteiger partial charge < -0.3 is 14.8 Å². The van der Waals surface area contributed by atoms with E-state index in [1.165, 1.54) is 0 Å². The molecule has 0 unspecified atom stereocenters. The van der Waals surface area contributed by atoms with Crippen LogP contribution in [0.4, 0.5) is 10.5 Å². The number of amides is 3. The van der Waals surface area contributed by atoms with Crippen molar-refractivity contribution in [1.82, 2.24) is 4.90 Å². The largest absolute Gasteiger partial charge is 0.490 e. The average Bonchev–Trinajstić information content (AvgIpc) is 3.13. The number of anilines is 1. The van der Waals surface area contributed by atoms with E-state index in [-0.39, 0.29) is 18.1 Å². The van der Waals surface area contributed by atoms with Gasteiger partial charge in [-0.15, -0.1) is 0 Å². The molecule has 0 atom stereocenters. The fourth-order valence-corrected chi connectivity index (χ4v) is 5.37. The summed E-state index contributed by atoms with van der Waals surface area (Å²) in [5, 5.41) is 2.76. The second-order valence-electron chi connectivity index (χ2n) is 7.97. The lowest BCUT2D eigenvalue weighted by Crippen LogP contribution is -2.36. The number of thioether (sulfide) groups is 1. The summed E-state index contributed by atoms with van der Waals surface area (Å²) in [6.07, 6.45) is 1.59. The number of nitrogens with zero attached hydrogens (tertiary/aromatic N) is 1. The second kappa shape index (κ2) is 12.8. The first kappa shape index (κ1) is 28.2. The molecule has 1 aliphatic rings. The van der Waals surface area contributed by atoms with E-state index in [2.05, 4.69) is 37.2 Å². The predicted molar refractivity (Wildman–Crippen MR) is 157 cm³/mol. The van der Waals surface area contributed by atoms with Crippen LogP contribution in [0.2, 0.25) is 5.02 Å². The van der Waals surface area contributed by atoms with Gasteiger partial charge in [-0.1, -0.05) is 45.7 Å². The zero-order valence-electron chi connectivity index (χ0n) is 20.0. The molecule has 0 aromatic heterocycles. The van der Waals surface area contributed by atoms with Crippen molar-refractivity contribution in [2.24, 2.45) is 0 Å². The number of halogens is 3. The van der Waals surface area contributed by atoms with Gasteiger partial charge in [-0.05, 0) is 88.7 Å². The minimum absolute atomic E-state index is 0.200. The third kappa shape index (κ3) is 6.99. The fraction of sp³-hybridized carbons (Fsp3) is 0.148. The molecule has 1 fully saturated rings. The van der Waals surface area contributed by atoms with Crippen LogP contribution in [-0.2, 0) is 16.2 Å². The van der Waals surface area contributed by atoms with Gasteiger partial charge in [0.25, 0.3) is 11.1 Å². The monoisotopic (exact) mass is 678 g/mol. The van der Waals surface area contributed by atoms with Crippen molar-refractivity contribution < 1.29 is 23.9 Å². The Kier molecular flexibility index (Phi) is 9.54. The Labute approximate surface area is 245 Å². The maximum atomic E-state index is 13.0. The quantitative estimate of drug-likeness (QED) is 0.236. The Morgan fingerprint density at radius 1 is 1.08 bits per heavy atom. The molecular formula is C27H21Br2ClN2O5S. The number of benzene rings is 3. The molecule has 11 heteroatoms. The number of nitrogens with one attached hydrogen (secondary N) is 1. The summed E-state index contributed by atoms with van der Waals surface area (Å²) in [4.78, 5) is 39.1. The summed E-state index contributed by atoms with van der Waals surface area (Å²) in [5.41, 5.74) is 2.01. The second-order valence-corrected chi connectivity index (χ2v) is 11.1. The first-order valence-electron chi connectivity index (χ1n) is 11.4. The molecule has 0 bridgehead atoms. The molecule has 7 nitrogen and oxygen atoms in total. The van der Waals surface area contributed by atoms with Crippen LogP contribution < -0.4 is 14.8 Å².